The quantitative estimate of drug-likeness (QED) is 0.938. The van der Waals surface area contributed by atoms with Gasteiger partial charge in [0.2, 0.25) is 0 Å². The maximum Gasteiger partial charge on any atom is 0.123 e. The third-order valence-corrected chi connectivity index (χ3v) is 3.12. The van der Waals surface area contributed by atoms with Crippen LogP contribution in [0, 0.1) is 5.82 Å². The van der Waals surface area contributed by atoms with E-state index in [2.05, 4.69) is 15.9 Å². The van der Waals surface area contributed by atoms with E-state index in [4.69, 9.17) is 10.2 Å². The number of nitrogens with two attached hydrogens (primary N) is 1. The molecule has 0 amide bonds. The maximum absolute atomic E-state index is 13.1. The summed E-state index contributed by atoms with van der Waals surface area (Å²) in [6.07, 6.45) is 3.87. The number of hydrogen-bond donors (Lipinski definition) is 1. The topological polar surface area (TPSA) is 39.2 Å². The Bertz CT molecular complexity index is 470. The van der Waals surface area contributed by atoms with Crippen LogP contribution in [0.3, 0.4) is 0 Å². The summed E-state index contributed by atoms with van der Waals surface area (Å²) < 4.78 is 18.9. The molecule has 0 radical (unpaired) electrons. The van der Waals surface area contributed by atoms with Gasteiger partial charge in [-0.15, -0.1) is 0 Å². The molecule has 0 bridgehead atoms. The summed E-state index contributed by atoms with van der Waals surface area (Å²) in [7, 11) is 0. The van der Waals surface area contributed by atoms with Crippen LogP contribution < -0.4 is 5.73 Å². The lowest BCUT2D eigenvalue weighted by Gasteiger charge is -2.12. The molecule has 0 aliphatic heterocycles. The summed E-state index contributed by atoms with van der Waals surface area (Å²) in [4.78, 5) is 0. The molecule has 1 aromatic heterocycles. The summed E-state index contributed by atoms with van der Waals surface area (Å²) in [5.41, 5.74) is 7.79. The van der Waals surface area contributed by atoms with E-state index in [9.17, 15) is 4.39 Å². The van der Waals surface area contributed by atoms with Crippen LogP contribution in [-0.2, 0) is 6.42 Å². The first-order chi connectivity index (χ1) is 7.66. The molecule has 0 fully saturated rings. The van der Waals surface area contributed by atoms with E-state index >= 15 is 0 Å². The normalized spacial score (nSPS) is 12.7. The highest BCUT2D eigenvalue weighted by atomic mass is 79.9. The minimum atomic E-state index is -0.277. The van der Waals surface area contributed by atoms with Crippen molar-refractivity contribution >= 4 is 15.9 Å². The highest BCUT2D eigenvalue weighted by Gasteiger charge is 2.12. The van der Waals surface area contributed by atoms with Crippen molar-refractivity contribution in [3.63, 3.8) is 0 Å². The Morgan fingerprint density at radius 3 is 2.88 bits per heavy atom. The van der Waals surface area contributed by atoms with Gasteiger partial charge >= 0.3 is 0 Å². The lowest BCUT2D eigenvalue weighted by Crippen LogP contribution is -2.13. The average molecular weight is 284 g/mol. The third-order valence-electron chi connectivity index (χ3n) is 2.39. The summed E-state index contributed by atoms with van der Waals surface area (Å²) in [5, 5.41) is 0. The molecule has 1 atom stereocenters. The van der Waals surface area contributed by atoms with Crippen molar-refractivity contribution in [3.05, 3.63) is 58.2 Å². The molecule has 84 valence electrons. The van der Waals surface area contributed by atoms with E-state index in [1.165, 1.54) is 12.1 Å². The van der Waals surface area contributed by atoms with Crippen LogP contribution in [0.4, 0.5) is 4.39 Å². The van der Waals surface area contributed by atoms with Gasteiger partial charge in [-0.3, -0.25) is 0 Å². The van der Waals surface area contributed by atoms with E-state index < -0.39 is 0 Å². The second-order valence-corrected chi connectivity index (χ2v) is 4.46. The van der Waals surface area contributed by atoms with Crippen LogP contribution in [0.2, 0.25) is 0 Å². The van der Waals surface area contributed by atoms with Gasteiger partial charge in [0, 0.05) is 10.5 Å². The fraction of sp³-hybridized carbons (Fsp3) is 0.167. The number of furan rings is 1. The Morgan fingerprint density at radius 1 is 1.38 bits per heavy atom. The smallest absolute Gasteiger partial charge is 0.123 e. The number of hydrogen-bond acceptors (Lipinski definition) is 2. The summed E-state index contributed by atoms with van der Waals surface area (Å²) in [6, 6.07) is 6.13. The SMILES string of the molecule is NC(Cc1ccoc1)c1cc(F)ccc1Br. The Kier molecular flexibility index (Phi) is 3.41. The number of halogens is 2. The maximum atomic E-state index is 13.1. The zero-order chi connectivity index (χ0) is 11.5. The van der Waals surface area contributed by atoms with Gasteiger partial charge in [0.05, 0.1) is 12.5 Å². The first kappa shape index (κ1) is 11.4. The standard InChI is InChI=1S/C12H11BrFNO/c13-11-2-1-9(14)6-10(11)12(15)5-8-3-4-16-7-8/h1-4,6-7,12H,5,15H2. The van der Waals surface area contributed by atoms with Crippen molar-refractivity contribution in [1.82, 2.24) is 0 Å². The fourth-order valence-electron chi connectivity index (χ4n) is 1.57. The molecule has 0 saturated heterocycles. The van der Waals surface area contributed by atoms with E-state index in [0.717, 1.165) is 15.6 Å². The van der Waals surface area contributed by atoms with E-state index in [-0.39, 0.29) is 11.9 Å². The largest absolute Gasteiger partial charge is 0.472 e. The van der Waals surface area contributed by atoms with Gasteiger partial charge in [-0.2, -0.15) is 0 Å². The van der Waals surface area contributed by atoms with Gasteiger partial charge in [0.25, 0.3) is 0 Å². The van der Waals surface area contributed by atoms with Crippen molar-refractivity contribution in [1.29, 1.82) is 0 Å². The summed E-state index contributed by atoms with van der Waals surface area (Å²) >= 11 is 3.37. The predicted molar refractivity (Wildman–Crippen MR) is 63.4 cm³/mol. The molecule has 1 unspecified atom stereocenters. The zero-order valence-electron chi connectivity index (χ0n) is 8.49. The molecular formula is C12H11BrFNO. The van der Waals surface area contributed by atoms with Crippen LogP contribution in [0.25, 0.3) is 0 Å². The molecule has 1 heterocycles. The molecule has 0 aliphatic rings. The van der Waals surface area contributed by atoms with E-state index in [1.54, 1.807) is 18.6 Å². The predicted octanol–water partition coefficient (Wildman–Crippen LogP) is 3.42. The van der Waals surface area contributed by atoms with E-state index in [1.807, 2.05) is 6.07 Å². The van der Waals surface area contributed by atoms with Crippen molar-refractivity contribution < 1.29 is 8.81 Å². The number of benzene rings is 1. The van der Waals surface area contributed by atoms with Gasteiger partial charge < -0.3 is 10.2 Å². The lowest BCUT2D eigenvalue weighted by atomic mass is 10.0. The van der Waals surface area contributed by atoms with Gasteiger partial charge in [-0.1, -0.05) is 15.9 Å². The van der Waals surface area contributed by atoms with Crippen molar-refractivity contribution in [2.24, 2.45) is 5.73 Å². The lowest BCUT2D eigenvalue weighted by molar-refractivity contribution is 0.561. The third kappa shape index (κ3) is 2.51. The molecule has 2 N–H and O–H groups in total. The van der Waals surface area contributed by atoms with Crippen LogP contribution in [0.15, 0.2) is 45.7 Å². The molecule has 0 saturated carbocycles. The highest BCUT2D eigenvalue weighted by Crippen LogP contribution is 2.25. The van der Waals surface area contributed by atoms with Crippen LogP contribution >= 0.6 is 15.9 Å². The molecular weight excluding hydrogens is 273 g/mol. The molecule has 0 aliphatic carbocycles. The first-order valence-electron chi connectivity index (χ1n) is 4.88. The van der Waals surface area contributed by atoms with Crippen molar-refractivity contribution in [3.8, 4) is 0 Å². The first-order valence-corrected chi connectivity index (χ1v) is 5.67. The Labute approximate surface area is 101 Å². The second-order valence-electron chi connectivity index (χ2n) is 3.61. The highest BCUT2D eigenvalue weighted by molar-refractivity contribution is 9.10. The Morgan fingerprint density at radius 2 is 2.19 bits per heavy atom. The minimum Gasteiger partial charge on any atom is -0.472 e. The van der Waals surface area contributed by atoms with Crippen molar-refractivity contribution in [2.45, 2.75) is 12.5 Å². The van der Waals surface area contributed by atoms with Gasteiger partial charge in [0.1, 0.15) is 5.82 Å². The number of rotatable bonds is 3. The second kappa shape index (κ2) is 4.80. The Hall–Kier alpha value is -1.13. The molecule has 16 heavy (non-hydrogen) atoms. The average Bonchev–Trinajstić information content (AvgIpc) is 2.74. The van der Waals surface area contributed by atoms with Gasteiger partial charge in [-0.05, 0) is 41.8 Å². The zero-order valence-corrected chi connectivity index (χ0v) is 10.1. The molecule has 2 aromatic rings. The molecule has 4 heteroatoms. The fourth-order valence-corrected chi connectivity index (χ4v) is 2.11. The van der Waals surface area contributed by atoms with Crippen molar-refractivity contribution in [2.75, 3.05) is 0 Å². The van der Waals surface area contributed by atoms with Crippen LogP contribution in [0.1, 0.15) is 17.2 Å². The molecule has 0 spiro atoms. The Balaban J connectivity index is 2.20. The van der Waals surface area contributed by atoms with Gasteiger partial charge in [0.15, 0.2) is 0 Å². The summed E-state index contributed by atoms with van der Waals surface area (Å²) in [5.74, 6) is -0.277. The molecule has 1 aromatic carbocycles. The molecule has 2 nitrogen and oxygen atoms in total. The monoisotopic (exact) mass is 283 g/mol. The minimum absolute atomic E-state index is 0.248. The molecule has 2 rings (SSSR count). The van der Waals surface area contributed by atoms with Gasteiger partial charge in [-0.25, -0.2) is 4.39 Å². The summed E-state index contributed by atoms with van der Waals surface area (Å²) in [6.45, 7) is 0. The van der Waals surface area contributed by atoms with Crippen LogP contribution in [0.5, 0.6) is 0 Å². The van der Waals surface area contributed by atoms with Crippen LogP contribution in [-0.4, -0.2) is 0 Å². The van der Waals surface area contributed by atoms with E-state index in [0.29, 0.717) is 6.42 Å².